The number of nitrogens with one attached hydrogen (secondary N) is 1. The molecule has 0 aliphatic carbocycles. The first-order valence-electron chi connectivity index (χ1n) is 5.47. The predicted octanol–water partition coefficient (Wildman–Crippen LogP) is 1.83. The van der Waals surface area contributed by atoms with Crippen LogP contribution in [-0.2, 0) is 4.79 Å². The number of benzene rings is 1. The van der Waals surface area contributed by atoms with E-state index in [2.05, 4.69) is 5.32 Å². The normalized spacial score (nSPS) is 12.1. The molecule has 1 unspecified atom stereocenters. The molecule has 0 bridgehead atoms. The monoisotopic (exact) mass is 219 g/mol. The molecule has 0 saturated carbocycles. The number of Topliss-reactive ketones (excluding diaryl/α,β-unsaturated/α-hetero) is 2. The Kier molecular flexibility index (Phi) is 4.86. The third-order valence-electron chi connectivity index (χ3n) is 2.50. The number of ketones is 2. The molecule has 1 aromatic carbocycles. The molecule has 86 valence electrons. The maximum Gasteiger partial charge on any atom is 0.176 e. The van der Waals surface area contributed by atoms with Crippen LogP contribution in [0.1, 0.15) is 30.6 Å². The van der Waals surface area contributed by atoms with Crippen molar-refractivity contribution in [2.75, 3.05) is 6.54 Å². The molecule has 0 amide bonds. The highest BCUT2D eigenvalue weighted by Crippen LogP contribution is 2.00. The van der Waals surface area contributed by atoms with Crippen molar-refractivity contribution in [3.8, 4) is 0 Å². The summed E-state index contributed by atoms with van der Waals surface area (Å²) in [7, 11) is 0. The van der Waals surface area contributed by atoms with E-state index in [9.17, 15) is 9.59 Å². The Morgan fingerprint density at radius 2 is 1.88 bits per heavy atom. The smallest absolute Gasteiger partial charge is 0.176 e. The Labute approximate surface area is 95.9 Å². The van der Waals surface area contributed by atoms with Crippen LogP contribution in [0.25, 0.3) is 0 Å². The van der Waals surface area contributed by atoms with Crippen LogP contribution in [0.15, 0.2) is 30.3 Å². The Morgan fingerprint density at radius 3 is 2.38 bits per heavy atom. The van der Waals surface area contributed by atoms with Gasteiger partial charge >= 0.3 is 0 Å². The summed E-state index contributed by atoms with van der Waals surface area (Å²) < 4.78 is 0. The van der Waals surface area contributed by atoms with Crippen LogP contribution in [0.2, 0.25) is 0 Å². The molecule has 3 nitrogen and oxygen atoms in total. The van der Waals surface area contributed by atoms with Gasteiger partial charge in [-0.25, -0.2) is 0 Å². The lowest BCUT2D eigenvalue weighted by Gasteiger charge is -2.12. The van der Waals surface area contributed by atoms with Gasteiger partial charge < -0.3 is 5.32 Å². The Bertz CT molecular complexity index is 359. The zero-order valence-electron chi connectivity index (χ0n) is 9.69. The first-order chi connectivity index (χ1) is 7.65. The van der Waals surface area contributed by atoms with Crippen molar-refractivity contribution in [2.24, 2.45) is 0 Å². The van der Waals surface area contributed by atoms with Crippen LogP contribution in [-0.4, -0.2) is 24.2 Å². The van der Waals surface area contributed by atoms with E-state index in [4.69, 9.17) is 0 Å². The first kappa shape index (κ1) is 12.6. The molecular formula is C13H17NO2. The number of hydrogen-bond donors (Lipinski definition) is 1. The molecule has 0 aromatic heterocycles. The van der Waals surface area contributed by atoms with Crippen LogP contribution in [0.5, 0.6) is 0 Å². The van der Waals surface area contributed by atoms with Gasteiger partial charge in [0.2, 0.25) is 0 Å². The first-order valence-corrected chi connectivity index (χ1v) is 5.47. The molecule has 0 spiro atoms. The Balaban J connectivity index is 2.50. The van der Waals surface area contributed by atoms with Crippen molar-refractivity contribution in [3.05, 3.63) is 35.9 Å². The minimum absolute atomic E-state index is 0.0142. The lowest BCUT2D eigenvalue weighted by Crippen LogP contribution is -2.38. The summed E-state index contributed by atoms with van der Waals surface area (Å²) in [6, 6.07) is 8.87. The maximum absolute atomic E-state index is 11.7. The zero-order valence-corrected chi connectivity index (χ0v) is 9.69. The van der Waals surface area contributed by atoms with Gasteiger partial charge in [-0.3, -0.25) is 9.59 Å². The van der Waals surface area contributed by atoms with Gasteiger partial charge in [0.15, 0.2) is 5.78 Å². The van der Waals surface area contributed by atoms with Gasteiger partial charge in [0.05, 0.1) is 12.6 Å². The summed E-state index contributed by atoms with van der Waals surface area (Å²) in [6.07, 6.45) is 0.706. The SMILES string of the molecule is CCC(NCC(=O)c1ccccc1)C(C)=O. The predicted molar refractivity (Wildman–Crippen MR) is 63.5 cm³/mol. The van der Waals surface area contributed by atoms with Crippen LogP contribution in [0.3, 0.4) is 0 Å². The highest BCUT2D eigenvalue weighted by Gasteiger charge is 2.13. The third-order valence-corrected chi connectivity index (χ3v) is 2.50. The molecule has 3 heteroatoms. The average molecular weight is 219 g/mol. The van der Waals surface area contributed by atoms with E-state index >= 15 is 0 Å². The highest BCUT2D eigenvalue weighted by molar-refractivity contribution is 5.97. The number of rotatable bonds is 6. The van der Waals surface area contributed by atoms with E-state index in [0.29, 0.717) is 12.0 Å². The van der Waals surface area contributed by atoms with Crippen molar-refractivity contribution >= 4 is 11.6 Å². The highest BCUT2D eigenvalue weighted by atomic mass is 16.1. The van der Waals surface area contributed by atoms with Crippen molar-refractivity contribution < 1.29 is 9.59 Å². The fraction of sp³-hybridized carbons (Fsp3) is 0.385. The maximum atomic E-state index is 11.7. The molecular weight excluding hydrogens is 202 g/mol. The van der Waals surface area contributed by atoms with E-state index in [-0.39, 0.29) is 24.2 Å². The van der Waals surface area contributed by atoms with Gasteiger partial charge in [0.1, 0.15) is 5.78 Å². The Morgan fingerprint density at radius 1 is 1.25 bits per heavy atom. The largest absolute Gasteiger partial charge is 0.300 e. The van der Waals surface area contributed by atoms with Crippen molar-refractivity contribution in [1.29, 1.82) is 0 Å². The van der Waals surface area contributed by atoms with E-state index < -0.39 is 0 Å². The van der Waals surface area contributed by atoms with Crippen LogP contribution < -0.4 is 5.32 Å². The van der Waals surface area contributed by atoms with Gasteiger partial charge in [0.25, 0.3) is 0 Å². The topological polar surface area (TPSA) is 46.2 Å². The van der Waals surface area contributed by atoms with Gasteiger partial charge in [0, 0.05) is 5.56 Å². The molecule has 16 heavy (non-hydrogen) atoms. The van der Waals surface area contributed by atoms with E-state index in [0.717, 1.165) is 0 Å². The number of carbonyl (C=O) groups excluding carboxylic acids is 2. The van der Waals surface area contributed by atoms with Crippen LogP contribution in [0.4, 0.5) is 0 Å². The van der Waals surface area contributed by atoms with Crippen molar-refractivity contribution in [1.82, 2.24) is 5.32 Å². The lowest BCUT2D eigenvalue weighted by atomic mass is 10.1. The van der Waals surface area contributed by atoms with Crippen LogP contribution in [0, 0.1) is 0 Å². The summed E-state index contributed by atoms with van der Waals surface area (Å²) in [5, 5.41) is 2.97. The molecule has 0 aliphatic rings. The molecule has 0 aliphatic heterocycles. The summed E-state index contributed by atoms with van der Waals surface area (Å²) in [4.78, 5) is 22.9. The van der Waals surface area contributed by atoms with E-state index in [1.54, 1.807) is 12.1 Å². The van der Waals surface area contributed by atoms with Crippen molar-refractivity contribution in [2.45, 2.75) is 26.3 Å². The molecule has 0 radical (unpaired) electrons. The van der Waals surface area contributed by atoms with Gasteiger partial charge in [-0.05, 0) is 13.3 Å². The molecule has 1 rings (SSSR count). The minimum atomic E-state index is -0.215. The standard InChI is InChI=1S/C13H17NO2/c1-3-12(10(2)15)14-9-13(16)11-7-5-4-6-8-11/h4-8,12,14H,3,9H2,1-2H3. The minimum Gasteiger partial charge on any atom is -0.300 e. The van der Waals surface area contributed by atoms with E-state index in [1.807, 2.05) is 25.1 Å². The summed E-state index contributed by atoms with van der Waals surface area (Å²) >= 11 is 0. The summed E-state index contributed by atoms with van der Waals surface area (Å²) in [5.74, 6) is 0.0867. The molecule has 1 aromatic rings. The second-order valence-electron chi connectivity index (χ2n) is 3.74. The molecule has 1 N–H and O–H groups in total. The van der Waals surface area contributed by atoms with Gasteiger partial charge in [-0.15, -0.1) is 0 Å². The summed E-state index contributed by atoms with van der Waals surface area (Å²) in [5.41, 5.74) is 0.674. The molecule has 1 atom stereocenters. The van der Waals surface area contributed by atoms with Crippen molar-refractivity contribution in [3.63, 3.8) is 0 Å². The summed E-state index contributed by atoms with van der Waals surface area (Å²) in [6.45, 7) is 3.67. The second-order valence-corrected chi connectivity index (χ2v) is 3.74. The average Bonchev–Trinajstić information content (AvgIpc) is 2.30. The molecule has 0 saturated heterocycles. The zero-order chi connectivity index (χ0) is 12.0. The van der Waals surface area contributed by atoms with Gasteiger partial charge in [-0.1, -0.05) is 37.3 Å². The fourth-order valence-corrected chi connectivity index (χ4v) is 1.52. The Hall–Kier alpha value is -1.48. The van der Waals surface area contributed by atoms with Crippen LogP contribution >= 0.6 is 0 Å². The fourth-order valence-electron chi connectivity index (χ4n) is 1.52. The quantitative estimate of drug-likeness (QED) is 0.742. The third kappa shape index (κ3) is 3.59. The van der Waals surface area contributed by atoms with Gasteiger partial charge in [-0.2, -0.15) is 0 Å². The molecule has 0 fully saturated rings. The number of carbonyl (C=O) groups is 2. The second kappa shape index (κ2) is 6.18. The molecule has 0 heterocycles. The number of hydrogen-bond acceptors (Lipinski definition) is 3. The lowest BCUT2D eigenvalue weighted by molar-refractivity contribution is -0.118. The van der Waals surface area contributed by atoms with E-state index in [1.165, 1.54) is 6.92 Å².